The van der Waals surface area contributed by atoms with Crippen molar-refractivity contribution in [1.29, 1.82) is 0 Å². The number of likely N-dealkylation sites (tertiary alicyclic amines) is 1. The number of amides is 2. The number of hydrogen-bond acceptors (Lipinski definition) is 5. The predicted molar refractivity (Wildman–Crippen MR) is 84.0 cm³/mol. The Morgan fingerprint density at radius 3 is 2.61 bits per heavy atom. The average molecular weight is 325 g/mol. The van der Waals surface area contributed by atoms with Gasteiger partial charge in [-0.1, -0.05) is 0 Å². The molecule has 0 aromatic heterocycles. The van der Waals surface area contributed by atoms with E-state index in [1.54, 1.807) is 4.90 Å². The molecule has 0 aliphatic carbocycles. The van der Waals surface area contributed by atoms with E-state index in [-0.39, 0.29) is 23.9 Å². The second kappa shape index (κ2) is 8.08. The van der Waals surface area contributed by atoms with Crippen molar-refractivity contribution in [2.75, 3.05) is 52.6 Å². The topological polar surface area (TPSA) is 71.1 Å². The van der Waals surface area contributed by atoms with Crippen LogP contribution in [-0.2, 0) is 19.1 Å². The first-order valence-electron chi connectivity index (χ1n) is 8.73. The number of carbonyl (C=O) groups is 2. The summed E-state index contributed by atoms with van der Waals surface area (Å²) in [5, 5.41) is 3.31. The molecule has 2 amide bonds. The highest BCUT2D eigenvalue weighted by Crippen LogP contribution is 2.21. The Kier molecular flexibility index (Phi) is 5.85. The highest BCUT2D eigenvalue weighted by molar-refractivity contribution is 5.88. The van der Waals surface area contributed by atoms with Crippen LogP contribution in [0.15, 0.2) is 0 Å². The van der Waals surface area contributed by atoms with Gasteiger partial charge in [0.15, 0.2) is 0 Å². The van der Waals surface area contributed by atoms with Crippen LogP contribution in [0.5, 0.6) is 0 Å². The summed E-state index contributed by atoms with van der Waals surface area (Å²) in [5.41, 5.74) is 0. The minimum absolute atomic E-state index is 0.0670. The molecule has 3 heterocycles. The fraction of sp³-hybridized carbons (Fsp3) is 0.875. The molecule has 3 aliphatic heterocycles. The second-order valence-corrected chi connectivity index (χ2v) is 6.47. The molecular formula is C16H27N3O4. The van der Waals surface area contributed by atoms with E-state index in [1.165, 1.54) is 0 Å². The molecule has 1 N–H and O–H groups in total. The first kappa shape index (κ1) is 16.7. The molecule has 130 valence electrons. The molecule has 0 aromatic carbocycles. The van der Waals surface area contributed by atoms with Crippen LogP contribution < -0.4 is 5.32 Å². The van der Waals surface area contributed by atoms with E-state index in [2.05, 4.69) is 5.32 Å². The number of ether oxygens (including phenoxy) is 2. The molecular weight excluding hydrogens is 298 g/mol. The zero-order valence-electron chi connectivity index (χ0n) is 13.7. The molecule has 2 atom stereocenters. The Balaban J connectivity index is 1.60. The minimum Gasteiger partial charge on any atom is -0.378 e. The van der Waals surface area contributed by atoms with Gasteiger partial charge in [0.1, 0.15) is 6.04 Å². The van der Waals surface area contributed by atoms with Gasteiger partial charge in [-0.05, 0) is 19.3 Å². The van der Waals surface area contributed by atoms with Crippen LogP contribution >= 0.6 is 0 Å². The van der Waals surface area contributed by atoms with Crippen LogP contribution in [0.1, 0.15) is 25.7 Å². The van der Waals surface area contributed by atoms with Crippen molar-refractivity contribution in [3.05, 3.63) is 0 Å². The maximum atomic E-state index is 12.8. The van der Waals surface area contributed by atoms with Gasteiger partial charge < -0.3 is 24.6 Å². The highest BCUT2D eigenvalue weighted by atomic mass is 16.5. The number of piperidine rings is 1. The van der Waals surface area contributed by atoms with Crippen molar-refractivity contribution >= 4 is 11.8 Å². The van der Waals surface area contributed by atoms with Crippen molar-refractivity contribution in [3.8, 4) is 0 Å². The Bertz CT molecular complexity index is 420. The first-order valence-corrected chi connectivity index (χ1v) is 8.73. The molecule has 0 saturated carbocycles. The van der Waals surface area contributed by atoms with Crippen molar-refractivity contribution in [2.24, 2.45) is 0 Å². The van der Waals surface area contributed by atoms with E-state index in [0.717, 1.165) is 25.8 Å². The fourth-order valence-corrected chi connectivity index (χ4v) is 3.56. The molecule has 0 bridgehead atoms. The van der Waals surface area contributed by atoms with Crippen LogP contribution in [0.25, 0.3) is 0 Å². The third-order valence-electron chi connectivity index (χ3n) is 4.85. The average Bonchev–Trinajstić information content (AvgIpc) is 2.62. The summed E-state index contributed by atoms with van der Waals surface area (Å²) in [6, 6.07) is -0.226. The van der Waals surface area contributed by atoms with E-state index in [4.69, 9.17) is 9.47 Å². The number of nitrogens with zero attached hydrogens (tertiary/aromatic N) is 2. The lowest BCUT2D eigenvalue weighted by atomic mass is 9.99. The van der Waals surface area contributed by atoms with Gasteiger partial charge >= 0.3 is 0 Å². The Hall–Kier alpha value is -1.18. The minimum atomic E-state index is -0.293. The zero-order chi connectivity index (χ0) is 16.1. The highest BCUT2D eigenvalue weighted by Gasteiger charge is 2.35. The summed E-state index contributed by atoms with van der Waals surface area (Å²) in [7, 11) is 0. The van der Waals surface area contributed by atoms with Crippen LogP contribution in [0.4, 0.5) is 0 Å². The number of rotatable bonds is 3. The fourth-order valence-electron chi connectivity index (χ4n) is 3.56. The van der Waals surface area contributed by atoms with Crippen LogP contribution in [0.3, 0.4) is 0 Å². The molecule has 3 fully saturated rings. The Labute approximate surface area is 137 Å². The number of morpholine rings is 2. The molecule has 0 spiro atoms. The molecule has 0 aromatic rings. The third-order valence-corrected chi connectivity index (χ3v) is 4.85. The Morgan fingerprint density at radius 1 is 1.04 bits per heavy atom. The van der Waals surface area contributed by atoms with Gasteiger partial charge in [0, 0.05) is 38.6 Å². The van der Waals surface area contributed by atoms with Gasteiger partial charge in [0.25, 0.3) is 0 Å². The zero-order valence-corrected chi connectivity index (χ0v) is 13.7. The van der Waals surface area contributed by atoms with Crippen molar-refractivity contribution in [3.63, 3.8) is 0 Å². The number of carbonyl (C=O) groups excluding carboxylic acids is 2. The molecule has 7 nitrogen and oxygen atoms in total. The Morgan fingerprint density at radius 2 is 1.87 bits per heavy atom. The van der Waals surface area contributed by atoms with Crippen molar-refractivity contribution in [2.45, 2.75) is 37.8 Å². The molecule has 3 aliphatic rings. The molecule has 0 radical (unpaired) electrons. The van der Waals surface area contributed by atoms with Gasteiger partial charge in [-0.2, -0.15) is 0 Å². The lowest BCUT2D eigenvalue weighted by molar-refractivity contribution is -0.150. The van der Waals surface area contributed by atoms with Crippen LogP contribution in [0.2, 0.25) is 0 Å². The summed E-state index contributed by atoms with van der Waals surface area (Å²) in [6.45, 7) is 5.20. The monoisotopic (exact) mass is 325 g/mol. The first-order chi connectivity index (χ1) is 11.3. The van der Waals surface area contributed by atoms with Crippen LogP contribution in [-0.4, -0.2) is 86.3 Å². The van der Waals surface area contributed by atoms with Gasteiger partial charge in [-0.15, -0.1) is 0 Å². The second-order valence-electron chi connectivity index (χ2n) is 6.47. The summed E-state index contributed by atoms with van der Waals surface area (Å²) in [6.07, 6.45) is 3.17. The van der Waals surface area contributed by atoms with Gasteiger partial charge in [0.05, 0.1) is 26.4 Å². The van der Waals surface area contributed by atoms with Gasteiger partial charge in [-0.3, -0.25) is 9.59 Å². The molecule has 3 saturated heterocycles. The number of hydrogen-bond donors (Lipinski definition) is 1. The predicted octanol–water partition coefficient (Wildman–Crippen LogP) is -0.395. The SMILES string of the molecule is O=C(C1CCCCN1C(=O)CC1COCCN1)N1CCOCC1. The lowest BCUT2D eigenvalue weighted by Gasteiger charge is -2.39. The van der Waals surface area contributed by atoms with E-state index < -0.39 is 0 Å². The number of nitrogens with one attached hydrogen (secondary N) is 1. The quantitative estimate of drug-likeness (QED) is 0.765. The maximum absolute atomic E-state index is 12.8. The molecule has 2 unspecified atom stereocenters. The van der Waals surface area contributed by atoms with E-state index in [9.17, 15) is 9.59 Å². The summed E-state index contributed by atoms with van der Waals surface area (Å²) in [4.78, 5) is 29.1. The standard InChI is InChI=1S/C16H27N3O4/c20-15(11-13-12-23-8-4-17-13)19-5-2-1-3-14(19)16(21)18-6-9-22-10-7-18/h13-14,17H,1-12H2. The van der Waals surface area contributed by atoms with Gasteiger partial charge in [0.2, 0.25) is 11.8 Å². The van der Waals surface area contributed by atoms with E-state index in [0.29, 0.717) is 52.5 Å². The van der Waals surface area contributed by atoms with E-state index in [1.807, 2.05) is 4.90 Å². The van der Waals surface area contributed by atoms with Crippen molar-refractivity contribution < 1.29 is 19.1 Å². The molecule has 3 rings (SSSR count). The maximum Gasteiger partial charge on any atom is 0.245 e. The summed E-state index contributed by atoms with van der Waals surface area (Å²) >= 11 is 0. The molecule has 7 heteroatoms. The largest absolute Gasteiger partial charge is 0.378 e. The lowest BCUT2D eigenvalue weighted by Crippen LogP contribution is -2.56. The van der Waals surface area contributed by atoms with Crippen LogP contribution in [0, 0.1) is 0 Å². The van der Waals surface area contributed by atoms with Gasteiger partial charge in [-0.25, -0.2) is 0 Å². The summed E-state index contributed by atoms with van der Waals surface area (Å²) < 4.78 is 10.7. The third kappa shape index (κ3) is 4.22. The summed E-state index contributed by atoms with van der Waals surface area (Å²) in [5.74, 6) is 0.161. The smallest absolute Gasteiger partial charge is 0.245 e. The normalized spacial score (nSPS) is 29.4. The van der Waals surface area contributed by atoms with Crippen molar-refractivity contribution in [1.82, 2.24) is 15.1 Å². The van der Waals surface area contributed by atoms with E-state index >= 15 is 0 Å². The molecule has 23 heavy (non-hydrogen) atoms.